The number of hydrogen-bond acceptors (Lipinski definition) is 2. The Morgan fingerprint density at radius 1 is 1.40 bits per heavy atom. The van der Waals surface area contributed by atoms with E-state index in [1.807, 2.05) is 13.4 Å². The predicted molar refractivity (Wildman–Crippen MR) is 62.9 cm³/mol. The van der Waals surface area contributed by atoms with Crippen molar-refractivity contribution in [1.82, 2.24) is 14.9 Å². The number of rotatable bonds is 3. The summed E-state index contributed by atoms with van der Waals surface area (Å²) in [7, 11) is 1.96. The molecule has 0 saturated heterocycles. The highest BCUT2D eigenvalue weighted by molar-refractivity contribution is 5.76. The van der Waals surface area contributed by atoms with Crippen molar-refractivity contribution in [3.05, 3.63) is 30.1 Å². The number of benzene rings is 1. The number of hydrogen-bond donors (Lipinski definition) is 1. The van der Waals surface area contributed by atoms with Gasteiger partial charge in [0.15, 0.2) is 0 Å². The first-order valence-electron chi connectivity index (χ1n) is 5.32. The van der Waals surface area contributed by atoms with Crippen LogP contribution >= 0.6 is 0 Å². The normalized spacial score (nSPS) is 11.5. The molecular weight excluding hydrogens is 186 g/mol. The Kier molecular flexibility index (Phi) is 2.73. The molecule has 2 rings (SSSR count). The van der Waals surface area contributed by atoms with Crippen molar-refractivity contribution in [3.8, 4) is 0 Å². The van der Waals surface area contributed by atoms with Crippen LogP contribution in [-0.2, 0) is 6.54 Å². The molecule has 0 atom stereocenters. The van der Waals surface area contributed by atoms with Gasteiger partial charge in [-0.15, -0.1) is 0 Å². The van der Waals surface area contributed by atoms with Gasteiger partial charge in [0.25, 0.3) is 0 Å². The Bertz CT molecular complexity index is 457. The summed E-state index contributed by atoms with van der Waals surface area (Å²) < 4.78 is 2.19. The second kappa shape index (κ2) is 4.03. The van der Waals surface area contributed by atoms with E-state index in [-0.39, 0.29) is 0 Å². The van der Waals surface area contributed by atoms with Crippen molar-refractivity contribution in [3.63, 3.8) is 0 Å². The van der Waals surface area contributed by atoms with Gasteiger partial charge in [-0.1, -0.05) is 6.07 Å². The number of imidazole rings is 1. The van der Waals surface area contributed by atoms with Crippen LogP contribution in [0.1, 0.15) is 25.5 Å². The van der Waals surface area contributed by atoms with Crippen molar-refractivity contribution >= 4 is 11.0 Å². The Morgan fingerprint density at radius 2 is 2.20 bits per heavy atom. The maximum Gasteiger partial charge on any atom is 0.0960 e. The average Bonchev–Trinajstić information content (AvgIpc) is 2.61. The summed E-state index contributed by atoms with van der Waals surface area (Å²) in [6, 6.07) is 6.91. The van der Waals surface area contributed by atoms with Crippen LogP contribution in [0.2, 0.25) is 0 Å². The lowest BCUT2D eigenvalue weighted by molar-refractivity contribution is 0.617. The maximum atomic E-state index is 4.42. The minimum absolute atomic E-state index is 0.463. The summed E-state index contributed by atoms with van der Waals surface area (Å²) in [4.78, 5) is 4.42. The van der Waals surface area contributed by atoms with Crippen LogP contribution in [0.15, 0.2) is 24.5 Å². The lowest BCUT2D eigenvalue weighted by atomic mass is 10.2. The zero-order valence-corrected chi connectivity index (χ0v) is 9.49. The molecule has 1 aromatic heterocycles. The van der Waals surface area contributed by atoms with Crippen LogP contribution in [0.4, 0.5) is 0 Å². The summed E-state index contributed by atoms with van der Waals surface area (Å²) in [5, 5.41) is 3.14. The molecule has 1 heterocycles. The van der Waals surface area contributed by atoms with Crippen molar-refractivity contribution in [2.75, 3.05) is 7.05 Å². The SMILES string of the molecule is CNCc1ccc2c(c1)ncn2C(C)C. The molecule has 2 aromatic rings. The molecule has 0 aliphatic rings. The third kappa shape index (κ3) is 1.88. The lowest BCUT2D eigenvalue weighted by Crippen LogP contribution is -2.04. The second-order valence-electron chi connectivity index (χ2n) is 4.10. The third-order valence-corrected chi connectivity index (χ3v) is 2.58. The highest BCUT2D eigenvalue weighted by Gasteiger charge is 2.05. The van der Waals surface area contributed by atoms with Crippen molar-refractivity contribution in [2.45, 2.75) is 26.4 Å². The highest BCUT2D eigenvalue weighted by atomic mass is 15.1. The first-order valence-corrected chi connectivity index (χ1v) is 5.32. The largest absolute Gasteiger partial charge is 0.328 e. The summed E-state index contributed by atoms with van der Waals surface area (Å²) in [5.74, 6) is 0. The quantitative estimate of drug-likeness (QED) is 0.829. The topological polar surface area (TPSA) is 29.9 Å². The zero-order valence-electron chi connectivity index (χ0n) is 9.49. The Labute approximate surface area is 90.1 Å². The van der Waals surface area contributed by atoms with Gasteiger partial charge in [-0.05, 0) is 38.6 Å². The van der Waals surface area contributed by atoms with Gasteiger partial charge in [0.1, 0.15) is 0 Å². The second-order valence-corrected chi connectivity index (χ2v) is 4.10. The first-order chi connectivity index (χ1) is 7.22. The van der Waals surface area contributed by atoms with Crippen molar-refractivity contribution < 1.29 is 0 Å². The first kappa shape index (κ1) is 10.2. The molecule has 0 bridgehead atoms. The van der Waals surface area contributed by atoms with Gasteiger partial charge in [0, 0.05) is 12.6 Å². The molecule has 80 valence electrons. The Morgan fingerprint density at radius 3 is 2.87 bits per heavy atom. The molecule has 0 amide bonds. The van der Waals surface area contributed by atoms with E-state index in [1.165, 1.54) is 11.1 Å². The molecule has 0 unspecified atom stereocenters. The highest BCUT2D eigenvalue weighted by Crippen LogP contribution is 2.18. The minimum atomic E-state index is 0.463. The van der Waals surface area contributed by atoms with E-state index in [0.717, 1.165) is 12.1 Å². The summed E-state index contributed by atoms with van der Waals surface area (Å²) >= 11 is 0. The number of nitrogens with one attached hydrogen (secondary N) is 1. The van der Waals surface area contributed by atoms with Gasteiger partial charge in [0.05, 0.1) is 17.4 Å². The van der Waals surface area contributed by atoms with Gasteiger partial charge >= 0.3 is 0 Å². The van der Waals surface area contributed by atoms with Crippen LogP contribution in [0.25, 0.3) is 11.0 Å². The van der Waals surface area contributed by atoms with Gasteiger partial charge < -0.3 is 9.88 Å². The molecule has 0 aliphatic heterocycles. The van der Waals surface area contributed by atoms with Crippen molar-refractivity contribution in [1.29, 1.82) is 0 Å². The van der Waals surface area contributed by atoms with Crippen LogP contribution < -0.4 is 5.32 Å². The molecule has 3 nitrogen and oxygen atoms in total. The fraction of sp³-hybridized carbons (Fsp3) is 0.417. The van der Waals surface area contributed by atoms with Crippen LogP contribution in [0.3, 0.4) is 0 Å². The molecular formula is C12H17N3. The Balaban J connectivity index is 2.47. The molecule has 0 fully saturated rings. The van der Waals surface area contributed by atoms with E-state index in [9.17, 15) is 0 Å². The van der Waals surface area contributed by atoms with Crippen LogP contribution in [0.5, 0.6) is 0 Å². The molecule has 0 radical (unpaired) electrons. The van der Waals surface area contributed by atoms with Gasteiger partial charge in [-0.3, -0.25) is 0 Å². The van der Waals surface area contributed by atoms with E-state index >= 15 is 0 Å². The van der Waals surface area contributed by atoms with Crippen LogP contribution in [-0.4, -0.2) is 16.6 Å². The van der Waals surface area contributed by atoms with E-state index in [2.05, 4.69) is 46.9 Å². The minimum Gasteiger partial charge on any atom is -0.328 e. The van der Waals surface area contributed by atoms with Gasteiger partial charge in [0.2, 0.25) is 0 Å². The maximum absolute atomic E-state index is 4.42. The van der Waals surface area contributed by atoms with Gasteiger partial charge in [-0.25, -0.2) is 4.98 Å². The van der Waals surface area contributed by atoms with Crippen LogP contribution in [0, 0.1) is 0 Å². The number of nitrogens with zero attached hydrogens (tertiary/aromatic N) is 2. The third-order valence-electron chi connectivity index (χ3n) is 2.58. The monoisotopic (exact) mass is 203 g/mol. The lowest BCUT2D eigenvalue weighted by Gasteiger charge is -2.08. The van der Waals surface area contributed by atoms with E-state index in [1.54, 1.807) is 0 Å². The smallest absolute Gasteiger partial charge is 0.0960 e. The summed E-state index contributed by atoms with van der Waals surface area (Å²) in [5.41, 5.74) is 3.57. The number of aromatic nitrogens is 2. The Hall–Kier alpha value is -1.35. The summed E-state index contributed by atoms with van der Waals surface area (Å²) in [6.45, 7) is 5.23. The fourth-order valence-electron chi connectivity index (χ4n) is 1.80. The van der Waals surface area contributed by atoms with E-state index < -0.39 is 0 Å². The zero-order chi connectivity index (χ0) is 10.8. The van der Waals surface area contributed by atoms with E-state index in [4.69, 9.17) is 0 Å². The van der Waals surface area contributed by atoms with Crippen molar-refractivity contribution in [2.24, 2.45) is 0 Å². The molecule has 15 heavy (non-hydrogen) atoms. The summed E-state index contributed by atoms with van der Waals surface area (Å²) in [6.07, 6.45) is 1.92. The average molecular weight is 203 g/mol. The standard InChI is InChI=1S/C12H17N3/c1-9(2)15-8-14-11-6-10(7-13-3)4-5-12(11)15/h4-6,8-9,13H,7H2,1-3H3. The molecule has 3 heteroatoms. The fourth-order valence-corrected chi connectivity index (χ4v) is 1.80. The molecule has 1 N–H and O–H groups in total. The number of fused-ring (bicyclic) bond motifs is 1. The molecule has 0 saturated carbocycles. The van der Waals surface area contributed by atoms with E-state index in [0.29, 0.717) is 6.04 Å². The van der Waals surface area contributed by atoms with Gasteiger partial charge in [-0.2, -0.15) is 0 Å². The molecule has 0 spiro atoms. The predicted octanol–water partition coefficient (Wildman–Crippen LogP) is 2.34. The molecule has 0 aliphatic carbocycles. The molecule has 1 aromatic carbocycles.